The fraction of sp³-hybridized carbons (Fsp3) is 0.900. The van der Waals surface area contributed by atoms with E-state index in [9.17, 15) is 0 Å². The molecule has 0 aromatic rings. The van der Waals surface area contributed by atoms with Crippen molar-refractivity contribution in [3.63, 3.8) is 0 Å². The number of rotatable bonds is 5. The van der Waals surface area contributed by atoms with Crippen LogP contribution in [0, 0.1) is 0 Å². The summed E-state index contributed by atoms with van der Waals surface area (Å²) in [7, 11) is 0. The van der Waals surface area contributed by atoms with E-state index in [-0.39, 0.29) is 0 Å². The number of nitrogens with one attached hydrogen (secondary N) is 2. The van der Waals surface area contributed by atoms with Gasteiger partial charge < -0.3 is 10.6 Å². The van der Waals surface area contributed by atoms with Gasteiger partial charge in [0.1, 0.15) is 0 Å². The quantitative estimate of drug-likeness (QED) is 0.670. The molecule has 0 amide bonds. The standard InChI is InChI=1S/C10H22N2S/c1-5-7-9(6-2)12-10(13)11-8(3)4/h8-9H,5-7H2,1-4H3,(H2,11,12,13). The molecule has 13 heavy (non-hydrogen) atoms. The summed E-state index contributed by atoms with van der Waals surface area (Å²) in [5.74, 6) is 0. The summed E-state index contributed by atoms with van der Waals surface area (Å²) in [6.45, 7) is 8.57. The van der Waals surface area contributed by atoms with Crippen molar-refractivity contribution in [2.24, 2.45) is 0 Å². The van der Waals surface area contributed by atoms with E-state index in [4.69, 9.17) is 12.2 Å². The maximum atomic E-state index is 5.16. The highest BCUT2D eigenvalue weighted by molar-refractivity contribution is 7.80. The first kappa shape index (κ1) is 12.7. The van der Waals surface area contributed by atoms with Crippen molar-refractivity contribution >= 4 is 17.3 Å². The van der Waals surface area contributed by atoms with E-state index in [0.717, 1.165) is 11.5 Å². The molecule has 78 valence electrons. The summed E-state index contributed by atoms with van der Waals surface area (Å²) in [5, 5.41) is 7.29. The zero-order valence-electron chi connectivity index (χ0n) is 9.18. The Morgan fingerprint density at radius 2 is 1.85 bits per heavy atom. The van der Waals surface area contributed by atoms with E-state index in [1.807, 2.05) is 0 Å². The molecule has 2 nitrogen and oxygen atoms in total. The minimum absolute atomic E-state index is 0.416. The number of hydrogen-bond donors (Lipinski definition) is 2. The lowest BCUT2D eigenvalue weighted by atomic mass is 10.1. The van der Waals surface area contributed by atoms with Crippen molar-refractivity contribution < 1.29 is 0 Å². The molecule has 0 heterocycles. The fourth-order valence-corrected chi connectivity index (χ4v) is 1.62. The second-order valence-electron chi connectivity index (χ2n) is 3.67. The van der Waals surface area contributed by atoms with Gasteiger partial charge >= 0.3 is 0 Å². The minimum atomic E-state index is 0.416. The molecular formula is C10H22N2S. The van der Waals surface area contributed by atoms with Crippen LogP contribution in [0.15, 0.2) is 0 Å². The van der Waals surface area contributed by atoms with Gasteiger partial charge in [0.15, 0.2) is 5.11 Å². The third kappa shape index (κ3) is 6.82. The predicted octanol–water partition coefficient (Wildman–Crippen LogP) is 2.44. The molecule has 0 saturated carbocycles. The molecule has 0 aromatic carbocycles. The second kappa shape index (κ2) is 7.13. The predicted molar refractivity (Wildman–Crippen MR) is 63.0 cm³/mol. The highest BCUT2D eigenvalue weighted by atomic mass is 32.1. The van der Waals surface area contributed by atoms with Gasteiger partial charge in [-0.15, -0.1) is 0 Å². The van der Waals surface area contributed by atoms with E-state index in [1.165, 1.54) is 12.8 Å². The van der Waals surface area contributed by atoms with Crippen molar-refractivity contribution in [1.82, 2.24) is 10.6 Å². The van der Waals surface area contributed by atoms with Crippen LogP contribution in [-0.4, -0.2) is 17.2 Å². The highest BCUT2D eigenvalue weighted by Crippen LogP contribution is 2.00. The molecule has 0 radical (unpaired) electrons. The number of thiocarbonyl (C=S) groups is 1. The van der Waals surface area contributed by atoms with Crippen LogP contribution in [0.1, 0.15) is 47.0 Å². The first-order valence-electron chi connectivity index (χ1n) is 5.17. The lowest BCUT2D eigenvalue weighted by Gasteiger charge is -2.20. The van der Waals surface area contributed by atoms with Gasteiger partial charge in [0.25, 0.3) is 0 Å². The molecule has 0 saturated heterocycles. The monoisotopic (exact) mass is 202 g/mol. The lowest BCUT2D eigenvalue weighted by Crippen LogP contribution is -2.44. The third-order valence-electron chi connectivity index (χ3n) is 1.88. The van der Waals surface area contributed by atoms with Gasteiger partial charge in [-0.05, 0) is 38.9 Å². The van der Waals surface area contributed by atoms with Gasteiger partial charge in [-0.25, -0.2) is 0 Å². The SMILES string of the molecule is CCCC(CC)NC(=S)NC(C)C. The Bertz CT molecular complexity index is 146. The first-order valence-corrected chi connectivity index (χ1v) is 5.58. The average Bonchev–Trinajstić information content (AvgIpc) is 2.02. The molecule has 3 heteroatoms. The van der Waals surface area contributed by atoms with Crippen LogP contribution < -0.4 is 10.6 Å². The van der Waals surface area contributed by atoms with Gasteiger partial charge in [-0.3, -0.25) is 0 Å². The molecule has 0 aliphatic rings. The van der Waals surface area contributed by atoms with E-state index < -0.39 is 0 Å². The summed E-state index contributed by atoms with van der Waals surface area (Å²) in [6, 6.07) is 0.947. The second-order valence-corrected chi connectivity index (χ2v) is 4.07. The Morgan fingerprint density at radius 3 is 2.23 bits per heavy atom. The molecule has 0 aromatic heterocycles. The molecule has 0 spiro atoms. The largest absolute Gasteiger partial charge is 0.361 e. The van der Waals surface area contributed by atoms with Crippen LogP contribution in [0.4, 0.5) is 0 Å². The van der Waals surface area contributed by atoms with Crippen molar-refractivity contribution in [3.05, 3.63) is 0 Å². The molecule has 1 unspecified atom stereocenters. The van der Waals surface area contributed by atoms with Gasteiger partial charge in [-0.2, -0.15) is 0 Å². The van der Waals surface area contributed by atoms with Crippen molar-refractivity contribution in [3.8, 4) is 0 Å². The summed E-state index contributed by atoms with van der Waals surface area (Å²) in [5.41, 5.74) is 0. The Hall–Kier alpha value is -0.310. The Labute approximate surface area is 87.5 Å². The van der Waals surface area contributed by atoms with Gasteiger partial charge in [-0.1, -0.05) is 20.3 Å². The Morgan fingerprint density at radius 1 is 1.23 bits per heavy atom. The van der Waals surface area contributed by atoms with Crippen LogP contribution in [-0.2, 0) is 0 Å². The molecule has 0 rings (SSSR count). The van der Waals surface area contributed by atoms with E-state index >= 15 is 0 Å². The van der Waals surface area contributed by atoms with Gasteiger partial charge in [0.2, 0.25) is 0 Å². The molecule has 0 bridgehead atoms. The molecule has 2 N–H and O–H groups in total. The van der Waals surface area contributed by atoms with E-state index in [1.54, 1.807) is 0 Å². The van der Waals surface area contributed by atoms with Crippen LogP contribution in [0.25, 0.3) is 0 Å². The Kier molecular flexibility index (Phi) is 6.96. The maximum absolute atomic E-state index is 5.16. The number of hydrogen-bond acceptors (Lipinski definition) is 1. The van der Waals surface area contributed by atoms with Crippen molar-refractivity contribution in [1.29, 1.82) is 0 Å². The van der Waals surface area contributed by atoms with E-state index in [0.29, 0.717) is 12.1 Å². The zero-order valence-corrected chi connectivity index (χ0v) is 10.0. The zero-order chi connectivity index (χ0) is 10.3. The minimum Gasteiger partial charge on any atom is -0.361 e. The molecular weight excluding hydrogens is 180 g/mol. The van der Waals surface area contributed by atoms with Crippen molar-refractivity contribution in [2.75, 3.05) is 0 Å². The summed E-state index contributed by atoms with van der Waals surface area (Å²) >= 11 is 5.16. The molecule has 0 aliphatic heterocycles. The average molecular weight is 202 g/mol. The summed E-state index contributed by atoms with van der Waals surface area (Å²) in [4.78, 5) is 0. The first-order chi connectivity index (χ1) is 6.10. The van der Waals surface area contributed by atoms with Gasteiger partial charge in [0.05, 0.1) is 0 Å². The fourth-order valence-electron chi connectivity index (χ4n) is 1.22. The Balaban J connectivity index is 3.73. The van der Waals surface area contributed by atoms with E-state index in [2.05, 4.69) is 38.3 Å². The third-order valence-corrected chi connectivity index (χ3v) is 2.12. The smallest absolute Gasteiger partial charge is 0.166 e. The van der Waals surface area contributed by atoms with Crippen LogP contribution in [0.3, 0.4) is 0 Å². The highest BCUT2D eigenvalue weighted by Gasteiger charge is 2.06. The lowest BCUT2D eigenvalue weighted by molar-refractivity contribution is 0.528. The maximum Gasteiger partial charge on any atom is 0.166 e. The van der Waals surface area contributed by atoms with Gasteiger partial charge in [0, 0.05) is 12.1 Å². The van der Waals surface area contributed by atoms with Crippen LogP contribution >= 0.6 is 12.2 Å². The van der Waals surface area contributed by atoms with Crippen LogP contribution in [0.5, 0.6) is 0 Å². The normalized spacial score (nSPS) is 12.7. The topological polar surface area (TPSA) is 24.1 Å². The van der Waals surface area contributed by atoms with Crippen molar-refractivity contribution in [2.45, 2.75) is 59.0 Å². The molecule has 0 aliphatic carbocycles. The summed E-state index contributed by atoms with van der Waals surface area (Å²) < 4.78 is 0. The van der Waals surface area contributed by atoms with Crippen LogP contribution in [0.2, 0.25) is 0 Å². The summed E-state index contributed by atoms with van der Waals surface area (Å²) in [6.07, 6.45) is 3.53. The molecule has 1 atom stereocenters. The molecule has 0 fully saturated rings.